The SMILES string of the molecule is C1CCC(P(C2CCCCC2)C2CCCCC2)CC1.[Cl-].[Cl-].[Ni+2]. The van der Waals surface area contributed by atoms with Crippen LogP contribution in [0.25, 0.3) is 0 Å². The van der Waals surface area contributed by atoms with E-state index in [1.165, 1.54) is 36.2 Å². The van der Waals surface area contributed by atoms with E-state index >= 15 is 0 Å². The quantitative estimate of drug-likeness (QED) is 0.469. The van der Waals surface area contributed by atoms with Crippen LogP contribution in [0.1, 0.15) is 96.3 Å². The van der Waals surface area contributed by atoms with Crippen molar-refractivity contribution in [1.29, 1.82) is 0 Å². The van der Waals surface area contributed by atoms with Crippen molar-refractivity contribution in [3.05, 3.63) is 0 Å². The molecule has 0 amide bonds. The third-order valence-corrected chi connectivity index (χ3v) is 10.1. The van der Waals surface area contributed by atoms with Crippen LogP contribution in [0, 0.1) is 0 Å². The Hall–Kier alpha value is 1.50. The number of hydrogen-bond acceptors (Lipinski definition) is 0. The van der Waals surface area contributed by atoms with Crippen LogP contribution >= 0.6 is 7.92 Å². The smallest absolute Gasteiger partial charge is 1.00 e. The molecule has 0 aromatic rings. The molecule has 3 saturated carbocycles. The summed E-state index contributed by atoms with van der Waals surface area (Å²) < 4.78 is 0. The Morgan fingerprint density at radius 1 is 0.409 bits per heavy atom. The molecule has 0 unspecified atom stereocenters. The van der Waals surface area contributed by atoms with Gasteiger partial charge in [-0.2, -0.15) is 0 Å². The summed E-state index contributed by atoms with van der Waals surface area (Å²) in [4.78, 5) is 0. The Bertz CT molecular complexity index is 217. The molecule has 3 rings (SSSR count). The van der Waals surface area contributed by atoms with Crippen LogP contribution in [0.3, 0.4) is 0 Å². The molecule has 0 N–H and O–H groups in total. The maximum atomic E-state index is 1.61. The van der Waals surface area contributed by atoms with E-state index in [4.69, 9.17) is 0 Å². The average molecular weight is 410 g/mol. The van der Waals surface area contributed by atoms with Crippen molar-refractivity contribution < 1.29 is 41.3 Å². The van der Waals surface area contributed by atoms with Gasteiger partial charge in [0.15, 0.2) is 0 Å². The van der Waals surface area contributed by atoms with Crippen LogP contribution in [0.2, 0.25) is 0 Å². The summed E-state index contributed by atoms with van der Waals surface area (Å²) in [5, 5.41) is 0. The Kier molecular flexibility index (Phi) is 13.7. The molecule has 0 spiro atoms. The predicted octanol–water partition coefficient (Wildman–Crippen LogP) is 0.472. The monoisotopic (exact) mass is 408 g/mol. The van der Waals surface area contributed by atoms with Gasteiger partial charge in [0.25, 0.3) is 0 Å². The number of halogens is 2. The molecule has 3 aliphatic rings. The second kappa shape index (κ2) is 12.8. The van der Waals surface area contributed by atoms with Gasteiger partial charge in [-0.05, 0) is 55.5 Å². The van der Waals surface area contributed by atoms with Crippen molar-refractivity contribution in [1.82, 2.24) is 0 Å². The fourth-order valence-electron chi connectivity index (χ4n) is 5.03. The molecule has 4 heteroatoms. The minimum absolute atomic E-state index is 0. The molecule has 0 nitrogen and oxygen atoms in total. The zero-order chi connectivity index (χ0) is 12.9. The molecule has 0 aromatic carbocycles. The van der Waals surface area contributed by atoms with Crippen LogP contribution < -0.4 is 24.8 Å². The molecule has 0 saturated heterocycles. The van der Waals surface area contributed by atoms with E-state index in [9.17, 15) is 0 Å². The summed E-state index contributed by atoms with van der Waals surface area (Å²) in [7, 11) is 0.385. The van der Waals surface area contributed by atoms with Gasteiger partial charge in [-0.3, -0.25) is 0 Å². The summed E-state index contributed by atoms with van der Waals surface area (Å²) in [5.41, 5.74) is 3.57. The van der Waals surface area contributed by atoms with Gasteiger partial charge in [0.1, 0.15) is 0 Å². The van der Waals surface area contributed by atoms with Crippen molar-refractivity contribution in [3.63, 3.8) is 0 Å². The van der Waals surface area contributed by atoms with E-state index < -0.39 is 0 Å². The molecular formula is C18H33Cl2NiP. The standard InChI is InChI=1S/C18H33P.2ClH.Ni/c1-4-10-16(11-5-1)19(17-12-6-2-7-13-17)18-14-8-3-9-15-18;;;/h16-18H,1-15H2;2*1H;/q;;;+2/p-2. The summed E-state index contributed by atoms with van der Waals surface area (Å²) in [6, 6.07) is 0. The molecule has 3 aliphatic carbocycles. The molecule has 134 valence electrons. The van der Waals surface area contributed by atoms with Gasteiger partial charge in [-0.1, -0.05) is 65.7 Å². The van der Waals surface area contributed by atoms with Crippen molar-refractivity contribution in [2.24, 2.45) is 0 Å². The molecule has 0 radical (unpaired) electrons. The van der Waals surface area contributed by atoms with Gasteiger partial charge in [0.05, 0.1) is 0 Å². The van der Waals surface area contributed by atoms with Gasteiger partial charge in [0, 0.05) is 0 Å². The third-order valence-electron chi connectivity index (χ3n) is 5.99. The maximum absolute atomic E-state index is 1.61. The summed E-state index contributed by atoms with van der Waals surface area (Å²) in [6.45, 7) is 0. The first-order valence-electron chi connectivity index (χ1n) is 9.22. The van der Waals surface area contributed by atoms with E-state index in [-0.39, 0.29) is 41.3 Å². The van der Waals surface area contributed by atoms with Gasteiger partial charge in [-0.15, -0.1) is 0 Å². The molecule has 0 aromatic heterocycles. The minimum Gasteiger partial charge on any atom is -1.00 e. The molecular weight excluding hydrogens is 377 g/mol. The Labute approximate surface area is 162 Å². The number of rotatable bonds is 3. The van der Waals surface area contributed by atoms with Crippen LogP contribution in [0.5, 0.6) is 0 Å². The fraction of sp³-hybridized carbons (Fsp3) is 1.00. The zero-order valence-corrected chi connectivity index (χ0v) is 17.3. The molecule has 0 heterocycles. The van der Waals surface area contributed by atoms with Crippen molar-refractivity contribution in [2.75, 3.05) is 0 Å². The Morgan fingerprint density at radius 3 is 0.864 bits per heavy atom. The predicted molar refractivity (Wildman–Crippen MR) is 87.5 cm³/mol. The molecule has 0 aliphatic heterocycles. The van der Waals surface area contributed by atoms with Crippen molar-refractivity contribution in [3.8, 4) is 0 Å². The Balaban J connectivity index is 0.00000147. The summed E-state index contributed by atoms with van der Waals surface area (Å²) in [6.07, 6.45) is 23.6. The minimum atomic E-state index is 0. The van der Waals surface area contributed by atoms with Gasteiger partial charge < -0.3 is 24.8 Å². The third kappa shape index (κ3) is 6.43. The average Bonchev–Trinajstić information content (AvgIpc) is 2.51. The summed E-state index contributed by atoms with van der Waals surface area (Å²) in [5.74, 6) is 0. The van der Waals surface area contributed by atoms with E-state index in [1.807, 2.05) is 0 Å². The molecule has 0 bridgehead atoms. The molecule has 0 atom stereocenters. The topological polar surface area (TPSA) is 0 Å². The van der Waals surface area contributed by atoms with Crippen molar-refractivity contribution in [2.45, 2.75) is 113 Å². The largest absolute Gasteiger partial charge is 2.00 e. The van der Waals surface area contributed by atoms with E-state index in [2.05, 4.69) is 0 Å². The first kappa shape index (κ1) is 23.5. The fourth-order valence-corrected chi connectivity index (χ4v) is 9.71. The van der Waals surface area contributed by atoms with Crippen LogP contribution in [0.15, 0.2) is 0 Å². The van der Waals surface area contributed by atoms with Gasteiger partial charge in [0.2, 0.25) is 0 Å². The first-order chi connectivity index (χ1) is 9.45. The Morgan fingerprint density at radius 2 is 0.636 bits per heavy atom. The second-order valence-electron chi connectivity index (χ2n) is 7.32. The molecule has 22 heavy (non-hydrogen) atoms. The van der Waals surface area contributed by atoms with Crippen molar-refractivity contribution >= 4 is 7.92 Å². The van der Waals surface area contributed by atoms with Crippen LogP contribution in [0.4, 0.5) is 0 Å². The van der Waals surface area contributed by atoms with Gasteiger partial charge >= 0.3 is 16.5 Å². The second-order valence-corrected chi connectivity index (χ2v) is 10.4. The van der Waals surface area contributed by atoms with Gasteiger partial charge in [-0.25, -0.2) is 0 Å². The summed E-state index contributed by atoms with van der Waals surface area (Å²) >= 11 is 0. The first-order valence-corrected chi connectivity index (χ1v) is 10.8. The van der Waals surface area contributed by atoms with E-state index in [0.717, 1.165) is 0 Å². The maximum Gasteiger partial charge on any atom is 2.00 e. The normalized spacial score (nSPS) is 25.0. The zero-order valence-electron chi connectivity index (χ0n) is 13.9. The molecule has 3 fully saturated rings. The van der Waals surface area contributed by atoms with E-state index in [0.29, 0.717) is 7.92 Å². The number of hydrogen-bond donors (Lipinski definition) is 0. The van der Waals surface area contributed by atoms with E-state index in [1.54, 1.807) is 77.0 Å². The van der Waals surface area contributed by atoms with Crippen LogP contribution in [-0.2, 0) is 16.5 Å². The van der Waals surface area contributed by atoms with Crippen LogP contribution in [-0.4, -0.2) is 17.0 Å².